The first kappa shape index (κ1) is 13.1. The van der Waals surface area contributed by atoms with Crippen molar-refractivity contribution in [3.8, 4) is 6.07 Å². The van der Waals surface area contributed by atoms with Gasteiger partial charge in [-0.05, 0) is 31.4 Å². The van der Waals surface area contributed by atoms with E-state index in [0.29, 0.717) is 18.4 Å². The zero-order valence-electron chi connectivity index (χ0n) is 10.9. The fourth-order valence-electron chi connectivity index (χ4n) is 2.96. The van der Waals surface area contributed by atoms with Crippen LogP contribution < -0.4 is 5.73 Å². The third-order valence-corrected chi connectivity index (χ3v) is 3.91. The van der Waals surface area contributed by atoms with Crippen LogP contribution >= 0.6 is 0 Å². The molecule has 1 aromatic rings. The Kier molecular flexibility index (Phi) is 4.35. The standard InChI is InChI=1S/C15H21N3/c1-12-9-13(10-17)11-18(12)15(7-8-16)14-5-3-2-4-6-14/h2-6,12-13,15H,7,9-11,17H2,1H3. The number of hydrogen-bond acceptors (Lipinski definition) is 3. The molecule has 1 fully saturated rings. The number of nitriles is 1. The minimum atomic E-state index is 0.211. The number of benzene rings is 1. The maximum Gasteiger partial charge on any atom is 0.0641 e. The Hall–Kier alpha value is -1.37. The number of nitrogens with two attached hydrogens (primary N) is 1. The van der Waals surface area contributed by atoms with E-state index in [9.17, 15) is 0 Å². The van der Waals surface area contributed by atoms with Crippen LogP contribution in [0.25, 0.3) is 0 Å². The van der Waals surface area contributed by atoms with E-state index in [1.165, 1.54) is 5.56 Å². The Morgan fingerprint density at radius 1 is 1.44 bits per heavy atom. The molecule has 0 saturated carbocycles. The lowest BCUT2D eigenvalue weighted by atomic mass is 10.0. The Labute approximate surface area is 109 Å². The first-order valence-corrected chi connectivity index (χ1v) is 6.64. The molecule has 3 unspecified atom stereocenters. The van der Waals surface area contributed by atoms with Gasteiger partial charge in [0.1, 0.15) is 0 Å². The molecule has 1 heterocycles. The van der Waals surface area contributed by atoms with Crippen LogP contribution in [0.3, 0.4) is 0 Å². The molecule has 0 spiro atoms. The van der Waals surface area contributed by atoms with Gasteiger partial charge >= 0.3 is 0 Å². The van der Waals surface area contributed by atoms with E-state index in [-0.39, 0.29) is 6.04 Å². The summed E-state index contributed by atoms with van der Waals surface area (Å²) in [5.41, 5.74) is 7.02. The van der Waals surface area contributed by atoms with Gasteiger partial charge in [0.25, 0.3) is 0 Å². The van der Waals surface area contributed by atoms with Crippen molar-refractivity contribution in [2.45, 2.75) is 31.8 Å². The molecule has 0 amide bonds. The highest BCUT2D eigenvalue weighted by Gasteiger charge is 2.33. The van der Waals surface area contributed by atoms with Gasteiger partial charge in [0.15, 0.2) is 0 Å². The minimum Gasteiger partial charge on any atom is -0.330 e. The molecule has 1 saturated heterocycles. The molecule has 1 aliphatic rings. The topological polar surface area (TPSA) is 53.0 Å². The number of nitrogens with zero attached hydrogens (tertiary/aromatic N) is 2. The number of likely N-dealkylation sites (tertiary alicyclic amines) is 1. The summed E-state index contributed by atoms with van der Waals surface area (Å²) in [6.45, 7) is 4.00. The lowest BCUT2D eigenvalue weighted by Gasteiger charge is -2.30. The summed E-state index contributed by atoms with van der Waals surface area (Å²) in [5, 5.41) is 9.07. The van der Waals surface area contributed by atoms with Crippen LogP contribution in [0.4, 0.5) is 0 Å². The molecule has 96 valence electrons. The minimum absolute atomic E-state index is 0.211. The summed E-state index contributed by atoms with van der Waals surface area (Å²) in [4.78, 5) is 2.44. The highest BCUT2D eigenvalue weighted by atomic mass is 15.2. The zero-order chi connectivity index (χ0) is 13.0. The van der Waals surface area contributed by atoms with Gasteiger partial charge in [0.2, 0.25) is 0 Å². The van der Waals surface area contributed by atoms with Gasteiger partial charge in [0, 0.05) is 18.6 Å². The smallest absolute Gasteiger partial charge is 0.0641 e. The highest BCUT2D eigenvalue weighted by molar-refractivity contribution is 5.20. The zero-order valence-corrected chi connectivity index (χ0v) is 10.9. The largest absolute Gasteiger partial charge is 0.330 e. The summed E-state index contributed by atoms with van der Waals surface area (Å²) in [7, 11) is 0. The Morgan fingerprint density at radius 3 is 2.72 bits per heavy atom. The lowest BCUT2D eigenvalue weighted by Crippen LogP contribution is -2.32. The van der Waals surface area contributed by atoms with E-state index in [0.717, 1.165) is 19.5 Å². The maximum absolute atomic E-state index is 9.07. The summed E-state index contributed by atoms with van der Waals surface area (Å²) >= 11 is 0. The van der Waals surface area contributed by atoms with E-state index in [1.54, 1.807) is 0 Å². The third-order valence-electron chi connectivity index (χ3n) is 3.91. The van der Waals surface area contributed by atoms with E-state index in [2.05, 4.69) is 30.0 Å². The molecular weight excluding hydrogens is 222 g/mol. The van der Waals surface area contributed by atoms with Crippen molar-refractivity contribution in [3.05, 3.63) is 35.9 Å². The van der Waals surface area contributed by atoms with Gasteiger partial charge in [-0.1, -0.05) is 30.3 Å². The quantitative estimate of drug-likeness (QED) is 0.883. The second kappa shape index (κ2) is 5.99. The fraction of sp³-hybridized carbons (Fsp3) is 0.533. The normalized spacial score (nSPS) is 25.8. The molecular formula is C15H21N3. The van der Waals surface area contributed by atoms with Crippen LogP contribution in [-0.4, -0.2) is 24.0 Å². The van der Waals surface area contributed by atoms with Crippen LogP contribution in [0, 0.1) is 17.2 Å². The van der Waals surface area contributed by atoms with Gasteiger partial charge in [-0.25, -0.2) is 0 Å². The number of hydrogen-bond donors (Lipinski definition) is 1. The van der Waals surface area contributed by atoms with Crippen LogP contribution in [0.1, 0.15) is 31.4 Å². The van der Waals surface area contributed by atoms with Gasteiger partial charge in [-0.2, -0.15) is 5.26 Å². The van der Waals surface area contributed by atoms with Crippen molar-refractivity contribution in [1.82, 2.24) is 4.90 Å². The van der Waals surface area contributed by atoms with E-state index in [4.69, 9.17) is 11.0 Å². The molecule has 3 heteroatoms. The fourth-order valence-corrected chi connectivity index (χ4v) is 2.96. The Morgan fingerprint density at radius 2 is 2.17 bits per heavy atom. The SMILES string of the molecule is CC1CC(CN)CN1C(CC#N)c1ccccc1. The molecule has 0 aromatic heterocycles. The van der Waals surface area contributed by atoms with Crippen molar-refractivity contribution < 1.29 is 0 Å². The molecule has 18 heavy (non-hydrogen) atoms. The predicted molar refractivity (Wildman–Crippen MR) is 72.7 cm³/mol. The van der Waals surface area contributed by atoms with Crippen molar-refractivity contribution >= 4 is 0 Å². The first-order valence-electron chi connectivity index (χ1n) is 6.64. The van der Waals surface area contributed by atoms with Crippen LogP contribution in [0.5, 0.6) is 0 Å². The average Bonchev–Trinajstić information content (AvgIpc) is 2.78. The van der Waals surface area contributed by atoms with Crippen LogP contribution in [0.15, 0.2) is 30.3 Å². The van der Waals surface area contributed by atoms with Gasteiger partial charge in [-0.3, -0.25) is 4.90 Å². The molecule has 2 rings (SSSR count). The van der Waals surface area contributed by atoms with Crippen molar-refractivity contribution in [3.63, 3.8) is 0 Å². The summed E-state index contributed by atoms with van der Waals surface area (Å²) in [6, 6.07) is 13.4. The predicted octanol–water partition coefficient (Wildman–Crippen LogP) is 2.31. The van der Waals surface area contributed by atoms with E-state index in [1.807, 2.05) is 18.2 Å². The molecule has 3 atom stereocenters. The van der Waals surface area contributed by atoms with Crippen molar-refractivity contribution in [2.24, 2.45) is 11.7 Å². The van der Waals surface area contributed by atoms with Crippen LogP contribution in [-0.2, 0) is 0 Å². The van der Waals surface area contributed by atoms with Gasteiger partial charge < -0.3 is 5.73 Å². The second-order valence-electron chi connectivity index (χ2n) is 5.17. The lowest BCUT2D eigenvalue weighted by molar-refractivity contribution is 0.189. The van der Waals surface area contributed by atoms with Crippen molar-refractivity contribution in [2.75, 3.05) is 13.1 Å². The summed E-state index contributed by atoms with van der Waals surface area (Å²) in [5.74, 6) is 0.574. The molecule has 0 aliphatic carbocycles. The number of rotatable bonds is 4. The summed E-state index contributed by atoms with van der Waals surface area (Å²) in [6.07, 6.45) is 1.69. The molecule has 1 aromatic carbocycles. The molecule has 0 radical (unpaired) electrons. The maximum atomic E-state index is 9.07. The first-order chi connectivity index (χ1) is 8.76. The van der Waals surface area contributed by atoms with Crippen LogP contribution in [0.2, 0.25) is 0 Å². The van der Waals surface area contributed by atoms with E-state index >= 15 is 0 Å². The monoisotopic (exact) mass is 243 g/mol. The molecule has 1 aliphatic heterocycles. The van der Waals surface area contributed by atoms with Gasteiger partial charge in [-0.15, -0.1) is 0 Å². The molecule has 3 nitrogen and oxygen atoms in total. The average molecular weight is 243 g/mol. The third kappa shape index (κ3) is 2.72. The van der Waals surface area contributed by atoms with E-state index < -0.39 is 0 Å². The molecule has 2 N–H and O–H groups in total. The molecule has 0 bridgehead atoms. The highest BCUT2D eigenvalue weighted by Crippen LogP contribution is 2.33. The Balaban J connectivity index is 2.19. The Bertz CT molecular complexity index is 409. The second-order valence-corrected chi connectivity index (χ2v) is 5.17. The van der Waals surface area contributed by atoms with Gasteiger partial charge in [0.05, 0.1) is 12.5 Å². The van der Waals surface area contributed by atoms with Crippen molar-refractivity contribution in [1.29, 1.82) is 5.26 Å². The summed E-state index contributed by atoms with van der Waals surface area (Å²) < 4.78 is 0.